The van der Waals surface area contributed by atoms with Crippen molar-refractivity contribution in [2.75, 3.05) is 7.11 Å². The molecule has 2 aromatic rings. The van der Waals surface area contributed by atoms with Gasteiger partial charge in [-0.2, -0.15) is 0 Å². The Labute approximate surface area is 110 Å². The summed E-state index contributed by atoms with van der Waals surface area (Å²) in [6.45, 7) is 2.07. The zero-order valence-electron chi connectivity index (χ0n) is 10.4. The van der Waals surface area contributed by atoms with Crippen LogP contribution in [0, 0.1) is 5.82 Å². The molecule has 96 valence electrons. The van der Waals surface area contributed by atoms with E-state index in [-0.39, 0.29) is 11.6 Å². The topological polar surface area (TPSA) is 35.2 Å². The monoisotopic (exact) mass is 265 g/mol. The first-order chi connectivity index (χ1) is 8.69. The number of benzene rings is 1. The molecule has 0 bridgehead atoms. The van der Waals surface area contributed by atoms with Gasteiger partial charge in [-0.05, 0) is 29.5 Å². The van der Waals surface area contributed by atoms with Gasteiger partial charge in [0, 0.05) is 10.4 Å². The Bertz CT molecular complexity index is 538. The number of methoxy groups -OCH3 is 1. The van der Waals surface area contributed by atoms with Crippen LogP contribution >= 0.6 is 11.3 Å². The van der Waals surface area contributed by atoms with Crippen LogP contribution in [0.5, 0.6) is 5.75 Å². The van der Waals surface area contributed by atoms with Crippen molar-refractivity contribution in [3.8, 4) is 5.75 Å². The minimum Gasteiger partial charge on any atom is -0.494 e. The largest absolute Gasteiger partial charge is 0.494 e. The maximum Gasteiger partial charge on any atom is 0.170 e. The normalized spacial score (nSPS) is 12.4. The van der Waals surface area contributed by atoms with E-state index in [1.165, 1.54) is 12.7 Å². The molecular weight excluding hydrogens is 249 g/mol. The maximum atomic E-state index is 14.2. The molecule has 2 N–H and O–H groups in total. The van der Waals surface area contributed by atoms with E-state index in [0.717, 1.165) is 11.3 Å². The van der Waals surface area contributed by atoms with Crippen LogP contribution in [0.2, 0.25) is 0 Å². The standard InChI is InChI=1S/C14H16FNOS/c1-3-9-7-8-18-14(9)13(16)10-5-4-6-11(17-2)12(10)15/h4-8,13H,3,16H2,1-2H3. The fourth-order valence-corrected chi connectivity index (χ4v) is 3.00. The predicted octanol–water partition coefficient (Wildman–Crippen LogP) is 3.51. The van der Waals surface area contributed by atoms with Crippen LogP contribution in [0.4, 0.5) is 4.39 Å². The van der Waals surface area contributed by atoms with Gasteiger partial charge in [-0.25, -0.2) is 4.39 Å². The second kappa shape index (κ2) is 5.50. The first-order valence-corrected chi connectivity index (χ1v) is 6.71. The minimum absolute atomic E-state index is 0.234. The fourth-order valence-electron chi connectivity index (χ4n) is 1.98. The van der Waals surface area contributed by atoms with Crippen LogP contribution in [-0.2, 0) is 6.42 Å². The van der Waals surface area contributed by atoms with E-state index in [1.54, 1.807) is 29.5 Å². The Morgan fingerprint density at radius 1 is 1.39 bits per heavy atom. The molecule has 0 aliphatic carbocycles. The molecule has 1 heterocycles. The van der Waals surface area contributed by atoms with Crippen LogP contribution < -0.4 is 10.5 Å². The van der Waals surface area contributed by atoms with E-state index in [1.807, 2.05) is 11.4 Å². The second-order valence-corrected chi connectivity index (χ2v) is 4.95. The lowest BCUT2D eigenvalue weighted by Crippen LogP contribution is -2.14. The molecule has 0 aliphatic rings. The Balaban J connectivity index is 2.43. The van der Waals surface area contributed by atoms with Crippen molar-refractivity contribution in [1.82, 2.24) is 0 Å². The molecule has 0 aliphatic heterocycles. The number of aryl methyl sites for hydroxylation is 1. The number of nitrogens with two attached hydrogens (primary N) is 1. The Morgan fingerprint density at radius 3 is 2.83 bits per heavy atom. The van der Waals surface area contributed by atoms with Gasteiger partial charge in [0.05, 0.1) is 13.2 Å². The second-order valence-electron chi connectivity index (χ2n) is 4.00. The highest BCUT2D eigenvalue weighted by Gasteiger charge is 2.19. The van der Waals surface area contributed by atoms with Gasteiger partial charge in [-0.1, -0.05) is 19.1 Å². The average molecular weight is 265 g/mol. The van der Waals surface area contributed by atoms with Gasteiger partial charge >= 0.3 is 0 Å². The highest BCUT2D eigenvalue weighted by atomic mass is 32.1. The van der Waals surface area contributed by atoms with E-state index < -0.39 is 6.04 Å². The quantitative estimate of drug-likeness (QED) is 0.918. The van der Waals surface area contributed by atoms with Gasteiger partial charge in [0.2, 0.25) is 0 Å². The van der Waals surface area contributed by atoms with Gasteiger partial charge in [0.25, 0.3) is 0 Å². The lowest BCUT2D eigenvalue weighted by Gasteiger charge is -2.15. The number of hydrogen-bond donors (Lipinski definition) is 1. The van der Waals surface area contributed by atoms with Crippen LogP contribution in [0.3, 0.4) is 0 Å². The summed E-state index contributed by atoms with van der Waals surface area (Å²) in [5.74, 6) is -0.138. The van der Waals surface area contributed by atoms with Gasteiger partial charge < -0.3 is 10.5 Å². The van der Waals surface area contributed by atoms with Crippen LogP contribution in [0.15, 0.2) is 29.6 Å². The van der Waals surface area contributed by atoms with Crippen molar-refractivity contribution in [2.24, 2.45) is 5.73 Å². The summed E-state index contributed by atoms with van der Waals surface area (Å²) in [6, 6.07) is 6.67. The molecule has 1 unspecified atom stereocenters. The van der Waals surface area contributed by atoms with Crippen molar-refractivity contribution < 1.29 is 9.13 Å². The third-order valence-corrected chi connectivity index (χ3v) is 4.03. The van der Waals surface area contributed by atoms with Gasteiger partial charge in [0.15, 0.2) is 11.6 Å². The molecule has 2 rings (SSSR count). The van der Waals surface area contributed by atoms with E-state index in [0.29, 0.717) is 5.56 Å². The summed E-state index contributed by atoms with van der Waals surface area (Å²) >= 11 is 1.57. The summed E-state index contributed by atoms with van der Waals surface area (Å²) < 4.78 is 19.1. The minimum atomic E-state index is -0.435. The smallest absolute Gasteiger partial charge is 0.170 e. The first kappa shape index (κ1) is 13.1. The number of ether oxygens (including phenoxy) is 1. The molecule has 2 nitrogen and oxygen atoms in total. The van der Waals surface area contributed by atoms with E-state index in [2.05, 4.69) is 6.92 Å². The average Bonchev–Trinajstić information content (AvgIpc) is 2.86. The maximum absolute atomic E-state index is 14.2. The molecule has 1 aromatic carbocycles. The summed E-state index contributed by atoms with van der Waals surface area (Å²) in [5.41, 5.74) is 7.83. The van der Waals surface area contributed by atoms with E-state index in [9.17, 15) is 4.39 Å². The lowest BCUT2D eigenvalue weighted by molar-refractivity contribution is 0.383. The zero-order valence-corrected chi connectivity index (χ0v) is 11.3. The third kappa shape index (κ3) is 2.26. The fraction of sp³-hybridized carbons (Fsp3) is 0.286. The van der Waals surface area contributed by atoms with Crippen molar-refractivity contribution in [3.63, 3.8) is 0 Å². The Hall–Kier alpha value is -1.39. The molecule has 0 fully saturated rings. The molecule has 18 heavy (non-hydrogen) atoms. The molecule has 0 spiro atoms. The third-order valence-electron chi connectivity index (χ3n) is 2.99. The highest BCUT2D eigenvalue weighted by molar-refractivity contribution is 7.10. The van der Waals surface area contributed by atoms with Gasteiger partial charge in [0.1, 0.15) is 0 Å². The molecule has 1 aromatic heterocycles. The molecular formula is C14H16FNOS. The zero-order chi connectivity index (χ0) is 13.1. The van der Waals surface area contributed by atoms with Crippen LogP contribution in [-0.4, -0.2) is 7.11 Å². The van der Waals surface area contributed by atoms with E-state index in [4.69, 9.17) is 10.5 Å². The van der Waals surface area contributed by atoms with Crippen molar-refractivity contribution >= 4 is 11.3 Å². The van der Waals surface area contributed by atoms with Crippen molar-refractivity contribution in [1.29, 1.82) is 0 Å². The van der Waals surface area contributed by atoms with Crippen LogP contribution in [0.1, 0.15) is 29.0 Å². The number of rotatable bonds is 4. The number of halogens is 1. The summed E-state index contributed by atoms with van der Waals surface area (Å²) in [7, 11) is 1.45. The molecule has 0 radical (unpaired) electrons. The van der Waals surface area contributed by atoms with Crippen LogP contribution in [0.25, 0.3) is 0 Å². The lowest BCUT2D eigenvalue weighted by atomic mass is 10.0. The summed E-state index contributed by atoms with van der Waals surface area (Å²) in [5, 5.41) is 1.99. The molecule has 0 saturated heterocycles. The van der Waals surface area contributed by atoms with Gasteiger partial charge in [-0.15, -0.1) is 11.3 Å². The number of hydrogen-bond acceptors (Lipinski definition) is 3. The van der Waals surface area contributed by atoms with Crippen molar-refractivity contribution in [2.45, 2.75) is 19.4 Å². The Kier molecular flexibility index (Phi) is 3.99. The highest BCUT2D eigenvalue weighted by Crippen LogP contribution is 2.32. The number of thiophene rings is 1. The summed E-state index contributed by atoms with van der Waals surface area (Å²) in [6.07, 6.45) is 0.901. The van der Waals surface area contributed by atoms with Gasteiger partial charge in [-0.3, -0.25) is 0 Å². The van der Waals surface area contributed by atoms with Crippen molar-refractivity contribution in [3.05, 3.63) is 51.5 Å². The predicted molar refractivity (Wildman–Crippen MR) is 72.7 cm³/mol. The van der Waals surface area contributed by atoms with E-state index >= 15 is 0 Å². The molecule has 1 atom stereocenters. The molecule has 0 amide bonds. The SMILES string of the molecule is CCc1ccsc1C(N)c1cccc(OC)c1F. The molecule has 4 heteroatoms. The Morgan fingerprint density at radius 2 is 2.17 bits per heavy atom. The summed E-state index contributed by atoms with van der Waals surface area (Å²) in [4.78, 5) is 1.02. The first-order valence-electron chi connectivity index (χ1n) is 5.83. The molecule has 0 saturated carbocycles.